The van der Waals surface area contributed by atoms with Crippen molar-refractivity contribution in [1.29, 1.82) is 0 Å². The molecule has 1 rings (SSSR count). The van der Waals surface area contributed by atoms with Crippen LogP contribution in [0.1, 0.15) is 47.5 Å². The van der Waals surface area contributed by atoms with Crippen LogP contribution in [0.2, 0.25) is 0 Å². The standard InChI is InChI=1S/C14H25NO5/c1-6-18-13(17)15-9-7-8-11(15)19-10(2)12(16)20-14(3,4)5/h10-11H,6-9H2,1-5H3/t10?,11-/m0/s1. The largest absolute Gasteiger partial charge is 0.458 e. The highest BCUT2D eigenvalue weighted by Gasteiger charge is 2.34. The number of carbonyl (C=O) groups is 2. The molecule has 6 heteroatoms. The molecule has 6 nitrogen and oxygen atoms in total. The third-order valence-corrected chi connectivity index (χ3v) is 2.80. The van der Waals surface area contributed by atoms with E-state index in [4.69, 9.17) is 14.2 Å². The van der Waals surface area contributed by atoms with E-state index in [0.717, 1.165) is 6.42 Å². The number of rotatable bonds is 4. The van der Waals surface area contributed by atoms with Gasteiger partial charge in [-0.3, -0.25) is 4.90 Å². The van der Waals surface area contributed by atoms with Gasteiger partial charge >= 0.3 is 12.1 Å². The van der Waals surface area contributed by atoms with E-state index in [0.29, 0.717) is 19.6 Å². The maximum absolute atomic E-state index is 11.9. The van der Waals surface area contributed by atoms with Crippen LogP contribution in [0.4, 0.5) is 4.79 Å². The average Bonchev–Trinajstić information content (AvgIpc) is 2.75. The van der Waals surface area contributed by atoms with E-state index in [9.17, 15) is 9.59 Å². The van der Waals surface area contributed by atoms with Crippen molar-refractivity contribution in [2.75, 3.05) is 13.2 Å². The molecule has 0 aliphatic carbocycles. The summed E-state index contributed by atoms with van der Waals surface area (Å²) in [5.74, 6) is -0.423. The molecule has 20 heavy (non-hydrogen) atoms. The summed E-state index contributed by atoms with van der Waals surface area (Å²) in [6.07, 6.45) is 0.00780. The summed E-state index contributed by atoms with van der Waals surface area (Å²) in [7, 11) is 0. The quantitative estimate of drug-likeness (QED) is 0.742. The lowest BCUT2D eigenvalue weighted by Gasteiger charge is -2.28. The molecule has 0 spiro atoms. The lowest BCUT2D eigenvalue weighted by Crippen LogP contribution is -2.42. The third kappa shape index (κ3) is 5.00. The highest BCUT2D eigenvalue weighted by molar-refractivity contribution is 5.74. The van der Waals surface area contributed by atoms with Gasteiger partial charge in [0.15, 0.2) is 6.10 Å². The fraction of sp³-hybridized carbons (Fsp3) is 0.857. The first-order valence-corrected chi connectivity index (χ1v) is 7.06. The predicted octanol–water partition coefficient (Wildman–Crippen LogP) is 2.31. The van der Waals surface area contributed by atoms with Crippen LogP contribution < -0.4 is 0 Å². The fourth-order valence-electron chi connectivity index (χ4n) is 1.97. The number of hydrogen-bond acceptors (Lipinski definition) is 5. The molecule has 2 atom stereocenters. The minimum Gasteiger partial charge on any atom is -0.458 e. The van der Waals surface area contributed by atoms with Crippen LogP contribution in [0, 0.1) is 0 Å². The van der Waals surface area contributed by atoms with Crippen molar-refractivity contribution in [3.8, 4) is 0 Å². The van der Waals surface area contributed by atoms with E-state index in [2.05, 4.69) is 0 Å². The zero-order valence-corrected chi connectivity index (χ0v) is 13.0. The Morgan fingerprint density at radius 1 is 1.35 bits per heavy atom. The van der Waals surface area contributed by atoms with Crippen molar-refractivity contribution in [2.24, 2.45) is 0 Å². The van der Waals surface area contributed by atoms with Crippen molar-refractivity contribution in [1.82, 2.24) is 4.90 Å². The molecule has 1 amide bonds. The Hall–Kier alpha value is -1.30. The summed E-state index contributed by atoms with van der Waals surface area (Å²) in [5.41, 5.74) is -0.550. The second-order valence-corrected chi connectivity index (χ2v) is 5.80. The molecule has 0 aromatic carbocycles. The third-order valence-electron chi connectivity index (χ3n) is 2.80. The first-order chi connectivity index (χ1) is 9.24. The fourth-order valence-corrected chi connectivity index (χ4v) is 1.97. The minimum atomic E-state index is -0.714. The normalized spacial score (nSPS) is 20.6. The van der Waals surface area contributed by atoms with Crippen molar-refractivity contribution in [2.45, 2.75) is 65.4 Å². The van der Waals surface area contributed by atoms with Gasteiger partial charge in [0.1, 0.15) is 11.8 Å². The number of esters is 1. The highest BCUT2D eigenvalue weighted by atomic mass is 16.6. The Bertz CT molecular complexity index is 350. The van der Waals surface area contributed by atoms with Crippen LogP contribution in [0.25, 0.3) is 0 Å². The molecule has 0 aromatic rings. The summed E-state index contributed by atoms with van der Waals surface area (Å²) in [6, 6.07) is 0. The van der Waals surface area contributed by atoms with E-state index in [-0.39, 0.29) is 0 Å². The van der Waals surface area contributed by atoms with Gasteiger partial charge in [-0.2, -0.15) is 0 Å². The molecule has 0 saturated carbocycles. The van der Waals surface area contributed by atoms with Crippen LogP contribution in [-0.2, 0) is 19.0 Å². The molecular weight excluding hydrogens is 262 g/mol. The summed E-state index contributed by atoms with van der Waals surface area (Å²) in [5, 5.41) is 0. The van der Waals surface area contributed by atoms with E-state index in [1.54, 1.807) is 34.6 Å². The Labute approximate surface area is 120 Å². The maximum atomic E-state index is 11.9. The first kappa shape index (κ1) is 16.8. The number of carbonyl (C=O) groups excluding carboxylic acids is 2. The van der Waals surface area contributed by atoms with Crippen LogP contribution in [0.5, 0.6) is 0 Å². The number of likely N-dealkylation sites (tertiary alicyclic amines) is 1. The lowest BCUT2D eigenvalue weighted by molar-refractivity contribution is -0.175. The van der Waals surface area contributed by atoms with E-state index in [1.807, 2.05) is 0 Å². The van der Waals surface area contributed by atoms with E-state index in [1.165, 1.54) is 4.90 Å². The van der Waals surface area contributed by atoms with E-state index < -0.39 is 30.0 Å². The molecule has 1 heterocycles. The monoisotopic (exact) mass is 287 g/mol. The summed E-state index contributed by atoms with van der Waals surface area (Å²) >= 11 is 0. The van der Waals surface area contributed by atoms with Crippen LogP contribution in [-0.4, -0.2) is 48.0 Å². The molecule has 0 N–H and O–H groups in total. The van der Waals surface area contributed by atoms with Crippen LogP contribution >= 0.6 is 0 Å². The maximum Gasteiger partial charge on any atom is 0.411 e. The molecule has 116 valence electrons. The molecule has 1 unspecified atom stereocenters. The molecule has 0 bridgehead atoms. The Balaban J connectivity index is 2.54. The summed E-state index contributed by atoms with van der Waals surface area (Å²) in [6.45, 7) is 9.71. The smallest absolute Gasteiger partial charge is 0.411 e. The zero-order chi connectivity index (χ0) is 15.3. The number of amides is 1. The van der Waals surface area contributed by atoms with Gasteiger partial charge in [-0.05, 0) is 47.5 Å². The number of ether oxygens (including phenoxy) is 3. The van der Waals surface area contributed by atoms with Gasteiger partial charge in [0, 0.05) is 6.54 Å². The zero-order valence-electron chi connectivity index (χ0n) is 13.0. The van der Waals surface area contributed by atoms with Gasteiger partial charge in [-0.1, -0.05) is 0 Å². The van der Waals surface area contributed by atoms with Crippen molar-refractivity contribution >= 4 is 12.1 Å². The first-order valence-electron chi connectivity index (χ1n) is 7.06. The second-order valence-electron chi connectivity index (χ2n) is 5.80. The van der Waals surface area contributed by atoms with Gasteiger partial charge in [0.25, 0.3) is 0 Å². The lowest BCUT2D eigenvalue weighted by atomic mass is 10.2. The molecule has 0 aromatic heterocycles. The Kier molecular flexibility index (Phi) is 5.80. The molecule has 0 radical (unpaired) electrons. The van der Waals surface area contributed by atoms with Crippen molar-refractivity contribution < 1.29 is 23.8 Å². The van der Waals surface area contributed by atoms with Crippen molar-refractivity contribution in [3.63, 3.8) is 0 Å². The van der Waals surface area contributed by atoms with Crippen molar-refractivity contribution in [3.05, 3.63) is 0 Å². The summed E-state index contributed by atoms with van der Waals surface area (Å²) < 4.78 is 15.9. The van der Waals surface area contributed by atoms with E-state index >= 15 is 0 Å². The van der Waals surface area contributed by atoms with Crippen LogP contribution in [0.15, 0.2) is 0 Å². The molecule has 1 saturated heterocycles. The van der Waals surface area contributed by atoms with Gasteiger partial charge in [-0.15, -0.1) is 0 Å². The van der Waals surface area contributed by atoms with Gasteiger partial charge in [0.2, 0.25) is 0 Å². The Morgan fingerprint density at radius 2 is 2.00 bits per heavy atom. The number of nitrogens with zero attached hydrogens (tertiary/aromatic N) is 1. The topological polar surface area (TPSA) is 65.1 Å². The van der Waals surface area contributed by atoms with Crippen LogP contribution in [0.3, 0.4) is 0 Å². The molecule has 1 aliphatic rings. The number of hydrogen-bond donors (Lipinski definition) is 0. The molecule has 1 fully saturated rings. The predicted molar refractivity (Wildman–Crippen MR) is 73.1 cm³/mol. The summed E-state index contributed by atoms with van der Waals surface area (Å²) in [4.78, 5) is 25.1. The minimum absolute atomic E-state index is 0.323. The van der Waals surface area contributed by atoms with Gasteiger partial charge < -0.3 is 14.2 Å². The van der Waals surface area contributed by atoms with Gasteiger partial charge in [0.05, 0.1) is 6.61 Å². The van der Waals surface area contributed by atoms with Gasteiger partial charge in [-0.25, -0.2) is 9.59 Å². The molecule has 1 aliphatic heterocycles. The second kappa shape index (κ2) is 6.92. The Morgan fingerprint density at radius 3 is 2.55 bits per heavy atom. The SMILES string of the molecule is CCOC(=O)N1CCC[C@@H]1OC(C)C(=O)OC(C)(C)C. The average molecular weight is 287 g/mol. The molecular formula is C14H25NO5. The highest BCUT2D eigenvalue weighted by Crippen LogP contribution is 2.21.